The first-order valence-electron chi connectivity index (χ1n) is 8.32. The van der Waals surface area contributed by atoms with Gasteiger partial charge in [-0.25, -0.2) is 0 Å². The van der Waals surface area contributed by atoms with Crippen molar-refractivity contribution in [3.8, 4) is 0 Å². The molecule has 1 N–H and O–H groups in total. The summed E-state index contributed by atoms with van der Waals surface area (Å²) in [6.07, 6.45) is 2.32. The molecule has 0 radical (unpaired) electrons. The fourth-order valence-corrected chi connectivity index (χ4v) is 3.24. The molecular weight excluding hydrogens is 260 g/mol. The van der Waals surface area contributed by atoms with E-state index in [1.54, 1.807) is 0 Å². The summed E-state index contributed by atoms with van der Waals surface area (Å²) >= 11 is 0. The van der Waals surface area contributed by atoms with E-state index < -0.39 is 0 Å². The SMILES string of the molecule is CCOCCCN1CC(C)(c2ccccc2)NCC1CC. The van der Waals surface area contributed by atoms with Gasteiger partial charge in [0.2, 0.25) is 0 Å². The lowest BCUT2D eigenvalue weighted by molar-refractivity contribution is 0.0673. The van der Waals surface area contributed by atoms with Crippen molar-refractivity contribution in [2.24, 2.45) is 0 Å². The minimum atomic E-state index is 0.0541. The van der Waals surface area contributed by atoms with Crippen LogP contribution in [0.25, 0.3) is 0 Å². The van der Waals surface area contributed by atoms with Gasteiger partial charge in [-0.3, -0.25) is 4.90 Å². The van der Waals surface area contributed by atoms with Crippen molar-refractivity contribution in [1.29, 1.82) is 0 Å². The number of nitrogens with one attached hydrogen (secondary N) is 1. The van der Waals surface area contributed by atoms with Crippen molar-refractivity contribution in [1.82, 2.24) is 10.2 Å². The minimum Gasteiger partial charge on any atom is -0.382 e. The Balaban J connectivity index is 2.00. The molecular formula is C18H30N2O. The molecule has 0 aliphatic carbocycles. The third kappa shape index (κ3) is 4.29. The summed E-state index contributed by atoms with van der Waals surface area (Å²) in [6.45, 7) is 11.6. The van der Waals surface area contributed by atoms with Gasteiger partial charge in [0.15, 0.2) is 0 Å². The number of nitrogens with zero attached hydrogens (tertiary/aromatic N) is 1. The van der Waals surface area contributed by atoms with E-state index in [9.17, 15) is 0 Å². The fourth-order valence-electron chi connectivity index (χ4n) is 3.24. The molecule has 0 aromatic heterocycles. The van der Waals surface area contributed by atoms with Crippen LogP contribution in [-0.2, 0) is 10.3 Å². The quantitative estimate of drug-likeness (QED) is 0.781. The first kappa shape index (κ1) is 16.5. The van der Waals surface area contributed by atoms with Crippen LogP contribution >= 0.6 is 0 Å². The topological polar surface area (TPSA) is 24.5 Å². The van der Waals surface area contributed by atoms with E-state index in [1.807, 2.05) is 0 Å². The highest BCUT2D eigenvalue weighted by Gasteiger charge is 2.35. The zero-order valence-electron chi connectivity index (χ0n) is 13.8. The lowest BCUT2D eigenvalue weighted by Crippen LogP contribution is -2.61. The maximum absolute atomic E-state index is 5.49. The largest absolute Gasteiger partial charge is 0.382 e. The monoisotopic (exact) mass is 290 g/mol. The second-order valence-corrected chi connectivity index (χ2v) is 6.16. The molecule has 0 saturated carbocycles. The normalized spacial score (nSPS) is 26.9. The standard InChI is InChI=1S/C18H30N2O/c1-4-17-14-19-18(3,16-10-7-6-8-11-16)15-20(17)12-9-13-21-5-2/h6-8,10-11,17,19H,4-5,9,12-15H2,1-3H3. The van der Waals surface area contributed by atoms with Crippen LogP contribution in [0.1, 0.15) is 39.2 Å². The molecule has 3 heteroatoms. The van der Waals surface area contributed by atoms with Gasteiger partial charge in [0.1, 0.15) is 0 Å². The highest BCUT2D eigenvalue weighted by molar-refractivity contribution is 5.25. The molecule has 0 spiro atoms. The molecule has 3 nitrogen and oxygen atoms in total. The molecule has 1 aliphatic rings. The second kappa shape index (κ2) is 7.92. The minimum absolute atomic E-state index is 0.0541. The Hall–Kier alpha value is -0.900. The maximum atomic E-state index is 5.49. The van der Waals surface area contributed by atoms with E-state index in [2.05, 4.69) is 61.3 Å². The Bertz CT molecular complexity index is 409. The van der Waals surface area contributed by atoms with Gasteiger partial charge in [0.05, 0.1) is 5.54 Å². The fraction of sp³-hybridized carbons (Fsp3) is 0.667. The van der Waals surface area contributed by atoms with Crippen molar-refractivity contribution >= 4 is 0 Å². The van der Waals surface area contributed by atoms with Gasteiger partial charge in [0.25, 0.3) is 0 Å². The van der Waals surface area contributed by atoms with E-state index in [0.717, 1.165) is 39.3 Å². The summed E-state index contributed by atoms with van der Waals surface area (Å²) in [5.74, 6) is 0. The van der Waals surface area contributed by atoms with Crippen molar-refractivity contribution in [2.75, 3.05) is 32.8 Å². The molecule has 2 atom stereocenters. The van der Waals surface area contributed by atoms with E-state index in [0.29, 0.717) is 6.04 Å². The molecule has 1 fully saturated rings. The summed E-state index contributed by atoms with van der Waals surface area (Å²) in [6, 6.07) is 11.5. The highest BCUT2D eigenvalue weighted by Crippen LogP contribution is 2.27. The molecule has 1 aliphatic heterocycles. The number of hydrogen-bond acceptors (Lipinski definition) is 3. The molecule has 2 unspecified atom stereocenters. The third-order valence-corrected chi connectivity index (χ3v) is 4.58. The number of ether oxygens (including phenoxy) is 1. The van der Waals surface area contributed by atoms with Crippen LogP contribution in [0.4, 0.5) is 0 Å². The lowest BCUT2D eigenvalue weighted by atomic mass is 9.87. The zero-order chi connectivity index (χ0) is 15.1. The Morgan fingerprint density at radius 2 is 2.05 bits per heavy atom. The summed E-state index contributed by atoms with van der Waals surface area (Å²) < 4.78 is 5.49. The van der Waals surface area contributed by atoms with Gasteiger partial charge >= 0.3 is 0 Å². The Morgan fingerprint density at radius 3 is 2.71 bits per heavy atom. The van der Waals surface area contributed by atoms with Crippen LogP contribution in [0.3, 0.4) is 0 Å². The molecule has 1 heterocycles. The smallest absolute Gasteiger partial charge is 0.0535 e. The molecule has 1 saturated heterocycles. The molecule has 0 bridgehead atoms. The molecule has 1 aromatic rings. The molecule has 118 valence electrons. The van der Waals surface area contributed by atoms with Gasteiger partial charge in [-0.1, -0.05) is 37.3 Å². The van der Waals surface area contributed by atoms with Crippen molar-refractivity contribution < 1.29 is 4.74 Å². The summed E-state index contributed by atoms with van der Waals surface area (Å²) in [5, 5.41) is 3.77. The predicted molar refractivity (Wildman–Crippen MR) is 88.6 cm³/mol. The lowest BCUT2D eigenvalue weighted by Gasteiger charge is -2.46. The van der Waals surface area contributed by atoms with Crippen LogP contribution < -0.4 is 5.32 Å². The van der Waals surface area contributed by atoms with Crippen LogP contribution in [0.5, 0.6) is 0 Å². The van der Waals surface area contributed by atoms with Crippen molar-refractivity contribution in [3.05, 3.63) is 35.9 Å². The first-order chi connectivity index (χ1) is 10.2. The third-order valence-electron chi connectivity index (χ3n) is 4.58. The van der Waals surface area contributed by atoms with E-state index in [4.69, 9.17) is 4.74 Å². The summed E-state index contributed by atoms with van der Waals surface area (Å²) in [7, 11) is 0. The Morgan fingerprint density at radius 1 is 1.29 bits per heavy atom. The molecule has 1 aromatic carbocycles. The number of rotatable bonds is 7. The van der Waals surface area contributed by atoms with Gasteiger partial charge in [-0.05, 0) is 32.3 Å². The number of benzene rings is 1. The zero-order valence-corrected chi connectivity index (χ0v) is 13.8. The molecule has 2 rings (SSSR count). The Labute approximate surface area is 129 Å². The number of piperazine rings is 1. The van der Waals surface area contributed by atoms with Crippen molar-refractivity contribution in [2.45, 2.75) is 45.2 Å². The van der Waals surface area contributed by atoms with Gasteiger partial charge < -0.3 is 10.1 Å². The predicted octanol–water partition coefficient (Wildman–Crippen LogP) is 3.01. The second-order valence-electron chi connectivity index (χ2n) is 6.16. The van der Waals surface area contributed by atoms with Gasteiger partial charge in [-0.15, -0.1) is 0 Å². The first-order valence-corrected chi connectivity index (χ1v) is 8.32. The maximum Gasteiger partial charge on any atom is 0.0535 e. The summed E-state index contributed by atoms with van der Waals surface area (Å²) in [4.78, 5) is 2.64. The van der Waals surface area contributed by atoms with E-state index in [-0.39, 0.29) is 5.54 Å². The van der Waals surface area contributed by atoms with Gasteiger partial charge in [0, 0.05) is 38.9 Å². The molecule has 0 amide bonds. The van der Waals surface area contributed by atoms with Crippen LogP contribution in [0.2, 0.25) is 0 Å². The van der Waals surface area contributed by atoms with Crippen molar-refractivity contribution in [3.63, 3.8) is 0 Å². The average molecular weight is 290 g/mol. The van der Waals surface area contributed by atoms with Crippen LogP contribution in [0.15, 0.2) is 30.3 Å². The van der Waals surface area contributed by atoms with E-state index in [1.165, 1.54) is 12.0 Å². The highest BCUT2D eigenvalue weighted by atomic mass is 16.5. The molecule has 21 heavy (non-hydrogen) atoms. The van der Waals surface area contributed by atoms with Gasteiger partial charge in [-0.2, -0.15) is 0 Å². The summed E-state index contributed by atoms with van der Waals surface area (Å²) in [5.41, 5.74) is 1.44. The van der Waals surface area contributed by atoms with E-state index >= 15 is 0 Å². The van der Waals surface area contributed by atoms with Crippen LogP contribution in [0, 0.1) is 0 Å². The Kier molecular flexibility index (Phi) is 6.22. The number of hydrogen-bond donors (Lipinski definition) is 1. The average Bonchev–Trinajstić information content (AvgIpc) is 2.53. The van der Waals surface area contributed by atoms with Crippen LogP contribution in [-0.4, -0.2) is 43.8 Å².